The Bertz CT molecular complexity index is 468. The van der Waals surface area contributed by atoms with Crippen molar-refractivity contribution < 1.29 is 4.79 Å². The van der Waals surface area contributed by atoms with Gasteiger partial charge in [0, 0.05) is 12.6 Å². The molecule has 1 amide bonds. The zero-order valence-corrected chi connectivity index (χ0v) is 13.3. The summed E-state index contributed by atoms with van der Waals surface area (Å²) < 4.78 is 0. The fourth-order valence-corrected chi connectivity index (χ4v) is 3.43. The molecule has 1 aromatic rings. The third-order valence-electron chi connectivity index (χ3n) is 4.85. The van der Waals surface area contributed by atoms with Crippen LogP contribution in [0.5, 0.6) is 0 Å². The highest BCUT2D eigenvalue weighted by Crippen LogP contribution is 2.31. The standard InChI is InChI=1S/C18H28N2O/c1-3-13(4-2)17(19)12-20-18(21)16-11-7-9-14-8-5-6-10-15(14)16/h5-6,8,10,13,16-17H,3-4,7,9,11-12,19H2,1-2H3,(H,20,21). The van der Waals surface area contributed by atoms with E-state index in [9.17, 15) is 4.79 Å². The molecule has 1 aromatic carbocycles. The molecule has 0 bridgehead atoms. The number of nitrogens with one attached hydrogen (secondary N) is 1. The van der Waals surface area contributed by atoms with Gasteiger partial charge in [-0.3, -0.25) is 4.79 Å². The Hall–Kier alpha value is -1.35. The number of aryl methyl sites for hydroxylation is 1. The smallest absolute Gasteiger partial charge is 0.227 e. The molecule has 3 N–H and O–H groups in total. The first-order chi connectivity index (χ1) is 10.2. The fraction of sp³-hybridized carbons (Fsp3) is 0.611. The number of fused-ring (bicyclic) bond motifs is 1. The number of carbonyl (C=O) groups excluding carboxylic acids is 1. The molecule has 0 aliphatic heterocycles. The predicted molar refractivity (Wildman–Crippen MR) is 87.2 cm³/mol. The molecule has 2 unspecified atom stereocenters. The van der Waals surface area contributed by atoms with Gasteiger partial charge in [0.1, 0.15) is 0 Å². The quantitative estimate of drug-likeness (QED) is 0.845. The van der Waals surface area contributed by atoms with E-state index >= 15 is 0 Å². The van der Waals surface area contributed by atoms with Crippen LogP contribution in [0.25, 0.3) is 0 Å². The molecule has 3 heteroatoms. The summed E-state index contributed by atoms with van der Waals surface area (Å²) in [5.41, 5.74) is 8.73. The first kappa shape index (κ1) is 16.0. The van der Waals surface area contributed by atoms with Gasteiger partial charge in [-0.2, -0.15) is 0 Å². The molecular formula is C18H28N2O. The molecule has 1 aliphatic carbocycles. The molecule has 0 radical (unpaired) electrons. The van der Waals surface area contributed by atoms with Crippen molar-refractivity contribution in [2.75, 3.05) is 6.54 Å². The number of benzene rings is 1. The van der Waals surface area contributed by atoms with Gasteiger partial charge in [-0.25, -0.2) is 0 Å². The van der Waals surface area contributed by atoms with Gasteiger partial charge in [0.25, 0.3) is 0 Å². The highest BCUT2D eigenvalue weighted by Gasteiger charge is 2.26. The highest BCUT2D eigenvalue weighted by atomic mass is 16.1. The first-order valence-corrected chi connectivity index (χ1v) is 8.28. The Kier molecular flexibility index (Phi) is 5.80. The molecule has 0 heterocycles. The number of hydrogen-bond acceptors (Lipinski definition) is 2. The van der Waals surface area contributed by atoms with Crippen molar-refractivity contribution in [1.82, 2.24) is 5.32 Å². The SMILES string of the molecule is CCC(CC)C(N)CNC(=O)C1CCCc2ccccc21. The third-order valence-corrected chi connectivity index (χ3v) is 4.85. The van der Waals surface area contributed by atoms with Crippen molar-refractivity contribution in [2.24, 2.45) is 11.7 Å². The van der Waals surface area contributed by atoms with Crippen molar-refractivity contribution in [1.29, 1.82) is 0 Å². The summed E-state index contributed by atoms with van der Waals surface area (Å²) in [5.74, 6) is 0.636. The summed E-state index contributed by atoms with van der Waals surface area (Å²) in [4.78, 5) is 12.5. The highest BCUT2D eigenvalue weighted by molar-refractivity contribution is 5.84. The minimum absolute atomic E-state index is 0.00357. The Morgan fingerprint density at radius 3 is 2.76 bits per heavy atom. The molecular weight excluding hydrogens is 260 g/mol. The van der Waals surface area contributed by atoms with Gasteiger partial charge >= 0.3 is 0 Å². The summed E-state index contributed by atoms with van der Waals surface area (Å²) >= 11 is 0. The van der Waals surface area contributed by atoms with Crippen molar-refractivity contribution in [3.63, 3.8) is 0 Å². The average Bonchev–Trinajstić information content (AvgIpc) is 2.53. The third kappa shape index (κ3) is 3.85. The maximum absolute atomic E-state index is 12.5. The van der Waals surface area contributed by atoms with Crippen molar-refractivity contribution in [3.8, 4) is 0 Å². The Labute approximate surface area is 128 Å². The fourth-order valence-electron chi connectivity index (χ4n) is 3.43. The zero-order valence-electron chi connectivity index (χ0n) is 13.3. The summed E-state index contributed by atoms with van der Waals surface area (Å²) in [6.45, 7) is 4.91. The maximum Gasteiger partial charge on any atom is 0.227 e. The minimum atomic E-state index is 0.00357. The van der Waals surface area contributed by atoms with E-state index in [2.05, 4.69) is 37.4 Å². The summed E-state index contributed by atoms with van der Waals surface area (Å²) in [6.07, 6.45) is 5.27. The van der Waals surface area contributed by atoms with Crippen LogP contribution in [-0.4, -0.2) is 18.5 Å². The Morgan fingerprint density at radius 1 is 1.33 bits per heavy atom. The molecule has 0 fully saturated rings. The second-order valence-electron chi connectivity index (χ2n) is 6.13. The largest absolute Gasteiger partial charge is 0.354 e. The first-order valence-electron chi connectivity index (χ1n) is 8.28. The monoisotopic (exact) mass is 288 g/mol. The van der Waals surface area contributed by atoms with Gasteiger partial charge in [-0.05, 0) is 36.3 Å². The van der Waals surface area contributed by atoms with Gasteiger partial charge in [-0.15, -0.1) is 0 Å². The normalized spacial score (nSPS) is 19.1. The molecule has 2 atom stereocenters. The van der Waals surface area contributed by atoms with E-state index in [1.54, 1.807) is 0 Å². The van der Waals surface area contributed by atoms with Crippen molar-refractivity contribution in [3.05, 3.63) is 35.4 Å². The van der Waals surface area contributed by atoms with Crippen LogP contribution in [0.4, 0.5) is 0 Å². The van der Waals surface area contributed by atoms with Crippen LogP contribution in [0.3, 0.4) is 0 Å². The molecule has 0 saturated heterocycles. The summed E-state index contributed by atoms with van der Waals surface area (Å²) in [5, 5.41) is 3.08. The lowest BCUT2D eigenvalue weighted by Crippen LogP contribution is -2.43. The molecule has 116 valence electrons. The van der Waals surface area contributed by atoms with E-state index in [0.717, 1.165) is 32.1 Å². The number of nitrogens with two attached hydrogens (primary N) is 1. The van der Waals surface area contributed by atoms with Gasteiger partial charge in [0.2, 0.25) is 5.91 Å². The van der Waals surface area contributed by atoms with E-state index < -0.39 is 0 Å². The maximum atomic E-state index is 12.5. The second-order valence-corrected chi connectivity index (χ2v) is 6.13. The second kappa shape index (κ2) is 7.60. The molecule has 0 spiro atoms. The van der Waals surface area contributed by atoms with Crippen LogP contribution in [0, 0.1) is 5.92 Å². The zero-order chi connectivity index (χ0) is 15.2. The van der Waals surface area contributed by atoms with Crippen LogP contribution in [0.2, 0.25) is 0 Å². The van der Waals surface area contributed by atoms with Gasteiger partial charge in [0.15, 0.2) is 0 Å². The number of hydrogen-bond donors (Lipinski definition) is 2. The Morgan fingerprint density at radius 2 is 2.05 bits per heavy atom. The molecule has 0 saturated carbocycles. The van der Waals surface area contributed by atoms with Gasteiger partial charge in [0.05, 0.1) is 5.92 Å². The summed E-state index contributed by atoms with van der Waals surface area (Å²) in [6, 6.07) is 8.38. The molecule has 21 heavy (non-hydrogen) atoms. The predicted octanol–water partition coefficient (Wildman–Crippen LogP) is 2.99. The lowest BCUT2D eigenvalue weighted by molar-refractivity contribution is -0.123. The van der Waals surface area contributed by atoms with Crippen molar-refractivity contribution in [2.45, 2.75) is 57.9 Å². The molecule has 2 rings (SSSR count). The Balaban J connectivity index is 1.96. The lowest BCUT2D eigenvalue weighted by atomic mass is 9.82. The van der Waals surface area contributed by atoms with Crippen LogP contribution in [0.1, 0.15) is 56.6 Å². The van der Waals surface area contributed by atoms with Gasteiger partial charge < -0.3 is 11.1 Å². The van der Waals surface area contributed by atoms with Crippen LogP contribution in [0.15, 0.2) is 24.3 Å². The molecule has 1 aliphatic rings. The van der Waals surface area contributed by atoms with E-state index in [1.165, 1.54) is 11.1 Å². The number of carbonyl (C=O) groups is 1. The van der Waals surface area contributed by atoms with Crippen LogP contribution < -0.4 is 11.1 Å². The molecule has 0 aromatic heterocycles. The number of amides is 1. The van der Waals surface area contributed by atoms with E-state index in [0.29, 0.717) is 12.5 Å². The van der Waals surface area contributed by atoms with E-state index in [4.69, 9.17) is 5.73 Å². The number of rotatable bonds is 6. The van der Waals surface area contributed by atoms with Crippen LogP contribution in [-0.2, 0) is 11.2 Å². The van der Waals surface area contributed by atoms with E-state index in [1.807, 2.05) is 6.07 Å². The lowest BCUT2D eigenvalue weighted by Gasteiger charge is -2.26. The minimum Gasteiger partial charge on any atom is -0.354 e. The summed E-state index contributed by atoms with van der Waals surface area (Å²) in [7, 11) is 0. The van der Waals surface area contributed by atoms with Crippen molar-refractivity contribution >= 4 is 5.91 Å². The van der Waals surface area contributed by atoms with Crippen LogP contribution >= 0.6 is 0 Å². The average molecular weight is 288 g/mol. The van der Waals surface area contributed by atoms with Gasteiger partial charge in [-0.1, -0.05) is 51.0 Å². The molecule has 3 nitrogen and oxygen atoms in total. The van der Waals surface area contributed by atoms with E-state index in [-0.39, 0.29) is 17.9 Å². The topological polar surface area (TPSA) is 55.1 Å².